The molecule has 6 heteroatoms. The van der Waals surface area contributed by atoms with Gasteiger partial charge in [0.2, 0.25) is 0 Å². The number of aryl methyl sites for hydroxylation is 1. The Morgan fingerprint density at radius 1 is 1.37 bits per heavy atom. The van der Waals surface area contributed by atoms with E-state index < -0.39 is 0 Å². The maximum Gasteiger partial charge on any atom is 0.135 e. The van der Waals surface area contributed by atoms with E-state index in [9.17, 15) is 0 Å². The molecule has 0 spiro atoms. The molecular weight excluding hydrogens is 258 g/mol. The predicted molar refractivity (Wildman–Crippen MR) is 80.1 cm³/mol. The van der Waals surface area contributed by atoms with Crippen LogP contribution in [0.25, 0.3) is 0 Å². The second-order valence-electron chi connectivity index (χ2n) is 5.05. The van der Waals surface area contributed by atoms with Crippen LogP contribution >= 0.6 is 11.3 Å². The van der Waals surface area contributed by atoms with Crippen molar-refractivity contribution in [3.63, 3.8) is 0 Å². The third kappa shape index (κ3) is 3.75. The molecule has 1 aromatic rings. The fourth-order valence-corrected chi connectivity index (χ4v) is 3.29. The monoisotopic (exact) mass is 281 g/mol. The van der Waals surface area contributed by atoms with Crippen LogP contribution in [-0.2, 0) is 12.8 Å². The van der Waals surface area contributed by atoms with Gasteiger partial charge in [-0.15, -0.1) is 11.3 Å². The summed E-state index contributed by atoms with van der Waals surface area (Å²) in [6.45, 7) is 7.70. The number of hydrogen-bond donors (Lipinski definition) is 2. The fraction of sp³-hybridized carbons (Fsp3) is 0.692. The minimum absolute atomic E-state index is 0.153. The van der Waals surface area contributed by atoms with Gasteiger partial charge in [0.05, 0.1) is 15.6 Å². The van der Waals surface area contributed by atoms with E-state index >= 15 is 0 Å². The van der Waals surface area contributed by atoms with Crippen LogP contribution in [-0.4, -0.2) is 60.4 Å². The van der Waals surface area contributed by atoms with Crippen LogP contribution in [0.1, 0.15) is 22.5 Å². The maximum atomic E-state index is 7.58. The zero-order valence-corrected chi connectivity index (χ0v) is 12.6. The highest BCUT2D eigenvalue weighted by Gasteiger charge is 2.16. The first-order valence-corrected chi connectivity index (χ1v) is 7.65. The number of aromatic nitrogens is 1. The van der Waals surface area contributed by atoms with Crippen molar-refractivity contribution in [2.24, 2.45) is 5.73 Å². The van der Waals surface area contributed by atoms with E-state index in [1.54, 1.807) is 11.3 Å². The standard InChI is InChI=1S/C13H23N5S/c1-3-10-12(13(14)15)19-11(16-10)4-5-18-8-6-17(2)7-9-18/h3-9H2,1-2H3,(H3,14,15). The zero-order valence-electron chi connectivity index (χ0n) is 11.8. The molecule has 19 heavy (non-hydrogen) atoms. The lowest BCUT2D eigenvalue weighted by Crippen LogP contribution is -2.45. The summed E-state index contributed by atoms with van der Waals surface area (Å²) in [6.07, 6.45) is 1.81. The molecular formula is C13H23N5S. The Bertz CT molecular complexity index is 434. The SMILES string of the molecule is CCc1nc(CCN2CCN(C)CC2)sc1C(=N)N. The maximum absolute atomic E-state index is 7.58. The Hall–Kier alpha value is -0.980. The molecule has 0 amide bonds. The van der Waals surface area contributed by atoms with Gasteiger partial charge in [-0.1, -0.05) is 6.92 Å². The molecule has 106 valence electrons. The van der Waals surface area contributed by atoms with Crippen LogP contribution in [0.2, 0.25) is 0 Å². The number of amidine groups is 1. The first-order valence-electron chi connectivity index (χ1n) is 6.84. The molecule has 0 aromatic carbocycles. The van der Waals surface area contributed by atoms with Gasteiger partial charge in [0.25, 0.3) is 0 Å². The molecule has 0 bridgehead atoms. The highest BCUT2D eigenvalue weighted by atomic mass is 32.1. The molecule has 0 unspecified atom stereocenters. The second kappa shape index (κ2) is 6.45. The van der Waals surface area contributed by atoms with Crippen molar-refractivity contribution in [2.75, 3.05) is 39.8 Å². The van der Waals surface area contributed by atoms with Gasteiger partial charge in [-0.05, 0) is 13.5 Å². The summed E-state index contributed by atoms with van der Waals surface area (Å²) in [4.78, 5) is 10.3. The summed E-state index contributed by atoms with van der Waals surface area (Å²) in [6, 6.07) is 0. The Balaban J connectivity index is 1.91. The first kappa shape index (κ1) is 14.4. The molecule has 1 aromatic heterocycles. The third-order valence-electron chi connectivity index (χ3n) is 3.56. The Morgan fingerprint density at radius 3 is 2.58 bits per heavy atom. The molecule has 2 heterocycles. The van der Waals surface area contributed by atoms with E-state index in [1.165, 1.54) is 0 Å². The molecule has 1 aliphatic heterocycles. The van der Waals surface area contributed by atoms with Gasteiger partial charge in [0, 0.05) is 39.1 Å². The number of nitrogens with one attached hydrogen (secondary N) is 1. The number of piperazine rings is 1. The van der Waals surface area contributed by atoms with Crippen LogP contribution in [0, 0.1) is 5.41 Å². The molecule has 5 nitrogen and oxygen atoms in total. The van der Waals surface area contributed by atoms with Gasteiger partial charge in [-0.2, -0.15) is 0 Å². The van der Waals surface area contributed by atoms with Crippen LogP contribution in [0.5, 0.6) is 0 Å². The van der Waals surface area contributed by atoms with Crippen molar-refractivity contribution in [1.29, 1.82) is 5.41 Å². The van der Waals surface area contributed by atoms with Gasteiger partial charge >= 0.3 is 0 Å². The number of thiazole rings is 1. The summed E-state index contributed by atoms with van der Waals surface area (Å²) in [5.74, 6) is 0.153. The van der Waals surface area contributed by atoms with E-state index in [-0.39, 0.29) is 5.84 Å². The topological polar surface area (TPSA) is 69.2 Å². The zero-order chi connectivity index (χ0) is 13.8. The predicted octanol–water partition coefficient (Wildman–Crippen LogP) is 0.779. The quantitative estimate of drug-likeness (QED) is 0.618. The average Bonchev–Trinajstić information content (AvgIpc) is 2.81. The Labute approximate surface area is 118 Å². The van der Waals surface area contributed by atoms with E-state index in [4.69, 9.17) is 11.1 Å². The highest BCUT2D eigenvalue weighted by molar-refractivity contribution is 7.13. The summed E-state index contributed by atoms with van der Waals surface area (Å²) < 4.78 is 0. The summed E-state index contributed by atoms with van der Waals surface area (Å²) in [7, 11) is 2.17. The molecule has 3 N–H and O–H groups in total. The van der Waals surface area contributed by atoms with Crippen LogP contribution in [0.3, 0.4) is 0 Å². The molecule has 0 saturated carbocycles. The second-order valence-corrected chi connectivity index (χ2v) is 6.13. The third-order valence-corrected chi connectivity index (χ3v) is 4.75. The van der Waals surface area contributed by atoms with Gasteiger partial charge < -0.3 is 15.5 Å². The van der Waals surface area contributed by atoms with E-state index in [2.05, 4.69) is 28.8 Å². The van der Waals surface area contributed by atoms with Crippen LogP contribution < -0.4 is 5.73 Å². The first-order chi connectivity index (χ1) is 9.10. The largest absolute Gasteiger partial charge is 0.383 e. The molecule has 0 atom stereocenters. The van der Waals surface area contributed by atoms with Gasteiger partial charge in [0.1, 0.15) is 5.84 Å². The van der Waals surface area contributed by atoms with E-state index in [0.29, 0.717) is 0 Å². The Kier molecular flexibility index (Phi) is 4.90. The number of nitrogen functional groups attached to an aromatic ring is 1. The minimum Gasteiger partial charge on any atom is -0.383 e. The van der Waals surface area contributed by atoms with Gasteiger partial charge in [-0.3, -0.25) is 5.41 Å². The number of hydrogen-bond acceptors (Lipinski definition) is 5. The van der Waals surface area contributed by atoms with Crippen molar-refractivity contribution >= 4 is 17.2 Å². The number of nitrogens with two attached hydrogens (primary N) is 1. The Morgan fingerprint density at radius 2 is 2.05 bits per heavy atom. The molecule has 0 aliphatic carbocycles. The molecule has 1 saturated heterocycles. The summed E-state index contributed by atoms with van der Waals surface area (Å²) in [5.41, 5.74) is 6.57. The molecule has 1 fully saturated rings. The lowest BCUT2D eigenvalue weighted by Gasteiger charge is -2.32. The number of nitrogens with zero attached hydrogens (tertiary/aromatic N) is 3. The van der Waals surface area contributed by atoms with Crippen molar-refractivity contribution < 1.29 is 0 Å². The summed E-state index contributed by atoms with van der Waals surface area (Å²) >= 11 is 1.58. The van der Waals surface area contributed by atoms with Gasteiger partial charge in [0.15, 0.2) is 0 Å². The highest BCUT2D eigenvalue weighted by Crippen LogP contribution is 2.19. The molecule has 0 radical (unpaired) electrons. The average molecular weight is 281 g/mol. The van der Waals surface area contributed by atoms with Crippen molar-refractivity contribution in [3.8, 4) is 0 Å². The summed E-state index contributed by atoms with van der Waals surface area (Å²) in [5, 5.41) is 8.69. The number of rotatable bonds is 5. The van der Waals surface area contributed by atoms with E-state index in [1.807, 2.05) is 0 Å². The normalized spacial score (nSPS) is 17.8. The molecule has 2 rings (SSSR count). The van der Waals surface area contributed by atoms with Gasteiger partial charge in [-0.25, -0.2) is 4.98 Å². The lowest BCUT2D eigenvalue weighted by molar-refractivity contribution is 0.155. The minimum atomic E-state index is 0.153. The lowest BCUT2D eigenvalue weighted by atomic mass is 10.3. The van der Waals surface area contributed by atoms with E-state index in [0.717, 1.165) is 61.1 Å². The fourth-order valence-electron chi connectivity index (χ4n) is 2.28. The number of likely N-dealkylation sites (N-methyl/N-ethyl adjacent to an activating group) is 1. The van der Waals surface area contributed by atoms with Crippen LogP contribution in [0.4, 0.5) is 0 Å². The smallest absolute Gasteiger partial charge is 0.135 e. The van der Waals surface area contributed by atoms with Crippen molar-refractivity contribution in [1.82, 2.24) is 14.8 Å². The molecule has 1 aliphatic rings. The van der Waals surface area contributed by atoms with Crippen molar-refractivity contribution in [3.05, 3.63) is 15.6 Å². The van der Waals surface area contributed by atoms with Crippen LogP contribution in [0.15, 0.2) is 0 Å². The van der Waals surface area contributed by atoms with Crippen molar-refractivity contribution in [2.45, 2.75) is 19.8 Å².